The molecule has 3 nitrogen and oxygen atoms in total. The number of hydrogen-bond acceptors (Lipinski definition) is 2. The van der Waals surface area contributed by atoms with Gasteiger partial charge in [-0.25, -0.2) is 0 Å². The molecule has 0 aliphatic carbocycles. The molecule has 0 aromatic rings. The van der Waals surface area contributed by atoms with Crippen molar-refractivity contribution in [2.24, 2.45) is 5.41 Å². The fourth-order valence-corrected chi connectivity index (χ4v) is 0.871. The fraction of sp³-hybridized carbons (Fsp3) is 0.900. The summed E-state index contributed by atoms with van der Waals surface area (Å²) in [5.41, 5.74) is 0.253. The third-order valence-electron chi connectivity index (χ3n) is 1.72. The van der Waals surface area contributed by atoms with E-state index in [9.17, 15) is 4.79 Å². The van der Waals surface area contributed by atoms with E-state index in [0.29, 0.717) is 6.61 Å². The topological polar surface area (TPSA) is 46.5 Å². The predicted molar refractivity (Wildman–Crippen MR) is 51.7 cm³/mol. The van der Waals surface area contributed by atoms with Gasteiger partial charge in [-0.3, -0.25) is 4.79 Å². The molecule has 0 aromatic carbocycles. The van der Waals surface area contributed by atoms with Gasteiger partial charge in [-0.1, -0.05) is 20.8 Å². The van der Waals surface area contributed by atoms with E-state index in [1.165, 1.54) is 0 Å². The molecular weight excluding hydrogens is 168 g/mol. The molecule has 0 rings (SSSR count). The molecule has 1 atom stereocenters. The minimum atomic E-state index is -0.803. The average molecular weight is 188 g/mol. The van der Waals surface area contributed by atoms with Crippen LogP contribution in [0.4, 0.5) is 0 Å². The molecule has 0 aliphatic rings. The quantitative estimate of drug-likeness (QED) is 0.720. The summed E-state index contributed by atoms with van der Waals surface area (Å²) in [5, 5.41) is 8.46. The number of carboxylic acids is 1. The predicted octanol–water partition coefficient (Wildman–Crippen LogP) is 2.30. The van der Waals surface area contributed by atoms with Crippen LogP contribution in [0.3, 0.4) is 0 Å². The van der Waals surface area contributed by atoms with E-state index in [0.717, 1.165) is 6.42 Å². The molecule has 0 saturated heterocycles. The van der Waals surface area contributed by atoms with Gasteiger partial charge in [-0.05, 0) is 18.8 Å². The second-order valence-electron chi connectivity index (χ2n) is 4.59. The summed E-state index contributed by atoms with van der Waals surface area (Å²) in [6.45, 7) is 8.84. The number of hydrogen-bond donors (Lipinski definition) is 1. The highest BCUT2D eigenvalue weighted by Gasteiger charge is 2.12. The van der Waals surface area contributed by atoms with Crippen LogP contribution in [0.15, 0.2) is 0 Å². The van der Waals surface area contributed by atoms with Crippen molar-refractivity contribution >= 4 is 5.97 Å². The molecule has 0 aromatic heterocycles. The van der Waals surface area contributed by atoms with Crippen molar-refractivity contribution in [2.75, 3.05) is 6.61 Å². The zero-order valence-electron chi connectivity index (χ0n) is 8.96. The van der Waals surface area contributed by atoms with Crippen LogP contribution >= 0.6 is 0 Å². The van der Waals surface area contributed by atoms with Crippen LogP contribution in [0.5, 0.6) is 0 Å². The summed E-state index contributed by atoms with van der Waals surface area (Å²) in [6, 6.07) is 0. The van der Waals surface area contributed by atoms with Crippen LogP contribution in [0, 0.1) is 5.41 Å². The minimum absolute atomic E-state index is 0.0874. The lowest BCUT2D eigenvalue weighted by molar-refractivity contribution is -0.139. The third-order valence-corrected chi connectivity index (χ3v) is 1.72. The van der Waals surface area contributed by atoms with Gasteiger partial charge in [0.2, 0.25) is 0 Å². The van der Waals surface area contributed by atoms with Gasteiger partial charge in [0.25, 0.3) is 0 Å². The Morgan fingerprint density at radius 2 is 2.00 bits per heavy atom. The number of aliphatic carboxylic acids is 1. The van der Waals surface area contributed by atoms with E-state index < -0.39 is 5.97 Å². The summed E-state index contributed by atoms with van der Waals surface area (Å²) in [6.07, 6.45) is 0.862. The summed E-state index contributed by atoms with van der Waals surface area (Å²) in [5.74, 6) is -0.803. The van der Waals surface area contributed by atoms with Crippen LogP contribution < -0.4 is 0 Å². The first kappa shape index (κ1) is 12.4. The Morgan fingerprint density at radius 3 is 2.38 bits per heavy atom. The second kappa shape index (κ2) is 5.22. The van der Waals surface area contributed by atoms with Crippen molar-refractivity contribution in [3.63, 3.8) is 0 Å². The van der Waals surface area contributed by atoms with Gasteiger partial charge in [-0.2, -0.15) is 0 Å². The molecule has 78 valence electrons. The molecular formula is C10H20O3. The summed E-state index contributed by atoms with van der Waals surface area (Å²) < 4.78 is 5.35. The maximum Gasteiger partial charge on any atom is 0.305 e. The summed E-state index contributed by atoms with van der Waals surface area (Å²) >= 11 is 0. The van der Waals surface area contributed by atoms with E-state index in [1.54, 1.807) is 6.92 Å². The molecule has 0 saturated carbocycles. The molecule has 0 fully saturated rings. The zero-order valence-corrected chi connectivity index (χ0v) is 8.96. The lowest BCUT2D eigenvalue weighted by atomic mass is 9.93. The normalized spacial score (nSPS) is 14.2. The molecule has 1 N–H and O–H groups in total. The SMILES string of the molecule is C[C@@H](CC(=O)O)OCCC(C)(C)C. The molecule has 13 heavy (non-hydrogen) atoms. The van der Waals surface area contributed by atoms with Gasteiger partial charge in [-0.15, -0.1) is 0 Å². The van der Waals surface area contributed by atoms with Crippen molar-refractivity contribution in [1.82, 2.24) is 0 Å². The van der Waals surface area contributed by atoms with Crippen LogP contribution in [0.1, 0.15) is 40.5 Å². The highest BCUT2D eigenvalue weighted by atomic mass is 16.5. The van der Waals surface area contributed by atoms with Crippen molar-refractivity contribution in [3.8, 4) is 0 Å². The van der Waals surface area contributed by atoms with Gasteiger partial charge >= 0.3 is 5.97 Å². The first-order valence-electron chi connectivity index (χ1n) is 4.64. The summed E-state index contributed by atoms with van der Waals surface area (Å²) in [4.78, 5) is 10.3. The maximum atomic E-state index is 10.3. The lowest BCUT2D eigenvalue weighted by Gasteiger charge is -2.19. The maximum absolute atomic E-state index is 10.3. The molecule has 0 radical (unpaired) electrons. The molecule has 0 unspecified atom stereocenters. The number of rotatable bonds is 5. The lowest BCUT2D eigenvalue weighted by Crippen LogP contribution is -2.17. The van der Waals surface area contributed by atoms with Gasteiger partial charge in [0.15, 0.2) is 0 Å². The van der Waals surface area contributed by atoms with Crippen molar-refractivity contribution in [1.29, 1.82) is 0 Å². The Hall–Kier alpha value is -0.570. The average Bonchev–Trinajstić information content (AvgIpc) is 1.81. The molecule has 3 heteroatoms. The van der Waals surface area contributed by atoms with Gasteiger partial charge in [0.05, 0.1) is 12.5 Å². The van der Waals surface area contributed by atoms with E-state index in [1.807, 2.05) is 0 Å². The van der Waals surface area contributed by atoms with Crippen LogP contribution in [0.2, 0.25) is 0 Å². The minimum Gasteiger partial charge on any atom is -0.481 e. The van der Waals surface area contributed by atoms with Crippen LogP contribution in [-0.4, -0.2) is 23.8 Å². The molecule has 0 aliphatic heterocycles. The largest absolute Gasteiger partial charge is 0.481 e. The first-order valence-corrected chi connectivity index (χ1v) is 4.64. The highest BCUT2D eigenvalue weighted by molar-refractivity contribution is 5.67. The Bertz CT molecular complexity index is 158. The van der Waals surface area contributed by atoms with E-state index in [2.05, 4.69) is 20.8 Å². The van der Waals surface area contributed by atoms with Crippen molar-refractivity contribution in [2.45, 2.75) is 46.6 Å². The van der Waals surface area contributed by atoms with Crippen LogP contribution in [-0.2, 0) is 9.53 Å². The van der Waals surface area contributed by atoms with Gasteiger partial charge in [0, 0.05) is 6.61 Å². The van der Waals surface area contributed by atoms with Crippen LogP contribution in [0.25, 0.3) is 0 Å². The van der Waals surface area contributed by atoms with E-state index in [4.69, 9.17) is 9.84 Å². The molecule has 0 spiro atoms. The summed E-state index contributed by atoms with van der Waals surface area (Å²) in [7, 11) is 0. The van der Waals surface area contributed by atoms with Crippen molar-refractivity contribution < 1.29 is 14.6 Å². The zero-order chi connectivity index (χ0) is 10.5. The first-order chi connectivity index (χ1) is 5.81. The Labute approximate surface area is 80.1 Å². The smallest absolute Gasteiger partial charge is 0.305 e. The number of carboxylic acid groups (broad SMARTS) is 1. The highest BCUT2D eigenvalue weighted by Crippen LogP contribution is 2.18. The van der Waals surface area contributed by atoms with Gasteiger partial charge in [0.1, 0.15) is 0 Å². The second-order valence-corrected chi connectivity index (χ2v) is 4.59. The number of carbonyl (C=O) groups is 1. The Morgan fingerprint density at radius 1 is 1.46 bits per heavy atom. The molecule has 0 bridgehead atoms. The standard InChI is InChI=1S/C10H20O3/c1-8(7-9(11)12)13-6-5-10(2,3)4/h8H,5-7H2,1-4H3,(H,11,12)/t8-/m0/s1. The molecule has 0 amide bonds. The molecule has 0 heterocycles. The van der Waals surface area contributed by atoms with Crippen molar-refractivity contribution in [3.05, 3.63) is 0 Å². The Kier molecular flexibility index (Phi) is 4.99. The monoisotopic (exact) mass is 188 g/mol. The van der Waals surface area contributed by atoms with E-state index >= 15 is 0 Å². The fourth-order valence-electron chi connectivity index (χ4n) is 0.871. The third kappa shape index (κ3) is 9.34. The number of ether oxygens (including phenoxy) is 1. The Balaban J connectivity index is 3.48. The van der Waals surface area contributed by atoms with E-state index in [-0.39, 0.29) is 17.9 Å². The van der Waals surface area contributed by atoms with Gasteiger partial charge < -0.3 is 9.84 Å².